The second kappa shape index (κ2) is 35.5. The molecule has 0 aliphatic heterocycles. The standard InChI is InChI=1S/2C34H32P2S2.2Pd/c2*1-5-13-29(14-6-1)35(30-15-7-2-8-16-30)25-27-37-33-21-23-34(24-22-33)38-28-26-36(31-17-9-3-10-18-31)32-19-11-4-12-20-32;;/h2*1-24H,25-28H2;;. The molecule has 0 amide bonds. The summed E-state index contributed by atoms with van der Waals surface area (Å²) in [5.41, 5.74) is 0. The zero-order valence-corrected chi connectivity index (χ0v) is 53.4. The Labute approximate surface area is 515 Å². The third-order valence-corrected chi connectivity index (χ3v) is 27.8. The van der Waals surface area contributed by atoms with Crippen LogP contribution < -0.4 is 42.4 Å². The largest absolute Gasteiger partial charge is 0.126 e. The fourth-order valence-corrected chi connectivity index (χ4v) is 22.9. The topological polar surface area (TPSA) is 0 Å². The number of thioether (sulfide) groups is 4. The zero-order chi connectivity index (χ0) is 51.7. The SMILES string of the molecule is [Pd].[Pd].c1ccc(P(CCSc2ccc(SCCP(c3ccccc3)c3ccccc3)cc2)c2ccccc2)cc1.c1ccc(P(CCSc2ccc(SCCP(c3ccccc3)c3ccccc3)cc2)c2ccccc2)cc1. The first-order chi connectivity index (χ1) is 37.7. The van der Waals surface area contributed by atoms with Gasteiger partial charge in [-0.05, 0) is 147 Å². The van der Waals surface area contributed by atoms with Gasteiger partial charge in [-0.1, -0.05) is 243 Å². The molecule has 0 bridgehead atoms. The van der Waals surface area contributed by atoms with E-state index >= 15 is 0 Å². The van der Waals surface area contributed by atoms with Crippen molar-refractivity contribution in [3.8, 4) is 0 Å². The molecule has 0 fully saturated rings. The Kier molecular flexibility index (Phi) is 28.3. The van der Waals surface area contributed by atoms with Crippen molar-refractivity contribution in [3.63, 3.8) is 0 Å². The second-order valence-electron chi connectivity index (χ2n) is 17.6. The van der Waals surface area contributed by atoms with Gasteiger partial charge in [0.2, 0.25) is 0 Å². The first-order valence-corrected chi connectivity index (χ1v) is 36.0. The Morgan fingerprint density at radius 3 is 0.436 bits per heavy atom. The van der Waals surface area contributed by atoms with Crippen LogP contribution in [-0.2, 0) is 40.8 Å². The molecule has 0 aromatic heterocycles. The van der Waals surface area contributed by atoms with Crippen LogP contribution in [0.2, 0.25) is 0 Å². The van der Waals surface area contributed by atoms with E-state index in [9.17, 15) is 0 Å². The van der Waals surface area contributed by atoms with Gasteiger partial charge in [0.25, 0.3) is 0 Å². The molecule has 10 aromatic carbocycles. The van der Waals surface area contributed by atoms with Crippen molar-refractivity contribution in [2.75, 3.05) is 47.7 Å². The maximum atomic E-state index is 2.30. The molecule has 10 heteroatoms. The van der Waals surface area contributed by atoms with Gasteiger partial charge in [0.15, 0.2) is 0 Å². The van der Waals surface area contributed by atoms with Gasteiger partial charge in [0.1, 0.15) is 0 Å². The number of hydrogen-bond donors (Lipinski definition) is 0. The Bertz CT molecular complexity index is 2550. The predicted molar refractivity (Wildman–Crippen MR) is 352 cm³/mol. The Morgan fingerprint density at radius 1 is 0.179 bits per heavy atom. The molecule has 0 saturated heterocycles. The van der Waals surface area contributed by atoms with Crippen LogP contribution in [0.3, 0.4) is 0 Å². The third kappa shape index (κ3) is 20.0. The maximum absolute atomic E-state index is 2.30. The van der Waals surface area contributed by atoms with Gasteiger partial charge in [0, 0.05) is 83.4 Å². The van der Waals surface area contributed by atoms with E-state index in [-0.39, 0.29) is 72.5 Å². The molecule has 0 radical (unpaired) electrons. The molecule has 0 unspecified atom stereocenters. The van der Waals surface area contributed by atoms with Gasteiger partial charge >= 0.3 is 0 Å². The molecular formula is C68H64P4Pd2S4. The summed E-state index contributed by atoms with van der Waals surface area (Å²) in [5.74, 6) is 4.50. The van der Waals surface area contributed by atoms with Crippen LogP contribution in [0.1, 0.15) is 0 Å². The third-order valence-electron chi connectivity index (χ3n) is 12.5. The minimum absolute atomic E-state index is 0. The maximum Gasteiger partial charge on any atom is 0.00728 e. The summed E-state index contributed by atoms with van der Waals surface area (Å²) >= 11 is 7.92. The molecular weight excluding hydrogens is 1280 g/mol. The van der Waals surface area contributed by atoms with Gasteiger partial charge in [0.05, 0.1) is 0 Å². The van der Waals surface area contributed by atoms with Crippen molar-refractivity contribution in [2.24, 2.45) is 0 Å². The average molecular weight is 1350 g/mol. The van der Waals surface area contributed by atoms with Gasteiger partial charge in [-0.2, -0.15) is 0 Å². The summed E-state index contributed by atoms with van der Waals surface area (Å²) in [4.78, 5) is 5.45. The van der Waals surface area contributed by atoms with E-state index in [1.807, 2.05) is 47.0 Å². The fraction of sp³-hybridized carbons (Fsp3) is 0.118. The molecule has 10 aromatic rings. The van der Waals surface area contributed by atoms with Crippen LogP contribution in [-0.4, -0.2) is 47.7 Å². The second-order valence-corrected chi connectivity index (χ2v) is 31.6. The number of benzene rings is 10. The number of rotatable bonds is 24. The van der Waals surface area contributed by atoms with E-state index in [4.69, 9.17) is 0 Å². The molecule has 400 valence electrons. The summed E-state index contributed by atoms with van der Waals surface area (Å²) in [6.45, 7) is 0. The van der Waals surface area contributed by atoms with E-state index in [2.05, 4.69) is 291 Å². The van der Waals surface area contributed by atoms with E-state index in [1.54, 1.807) is 0 Å². The van der Waals surface area contributed by atoms with Crippen LogP contribution in [0.25, 0.3) is 0 Å². The van der Waals surface area contributed by atoms with Crippen LogP contribution >= 0.6 is 78.7 Å². The Morgan fingerprint density at radius 2 is 0.308 bits per heavy atom. The summed E-state index contributed by atoms with van der Waals surface area (Å²) in [6, 6.07) is 107. The summed E-state index contributed by atoms with van der Waals surface area (Å²) in [6.07, 6.45) is 4.75. The Balaban J connectivity index is 0.000000220. The van der Waals surface area contributed by atoms with Crippen LogP contribution in [0.5, 0.6) is 0 Å². The molecule has 0 spiro atoms. The first kappa shape index (κ1) is 62.2. The van der Waals surface area contributed by atoms with E-state index in [1.165, 1.54) is 86.7 Å². The van der Waals surface area contributed by atoms with Crippen LogP contribution in [0.15, 0.2) is 311 Å². The van der Waals surface area contributed by atoms with Crippen molar-refractivity contribution in [1.82, 2.24) is 0 Å². The van der Waals surface area contributed by atoms with Crippen molar-refractivity contribution in [3.05, 3.63) is 291 Å². The smallest absolute Gasteiger partial charge is 0.00728 e. The normalized spacial score (nSPS) is 10.9. The van der Waals surface area contributed by atoms with Crippen molar-refractivity contribution in [1.29, 1.82) is 0 Å². The quantitative estimate of drug-likeness (QED) is 0.0336. The van der Waals surface area contributed by atoms with Crippen molar-refractivity contribution < 1.29 is 40.8 Å². The van der Waals surface area contributed by atoms with E-state index < -0.39 is 0 Å². The molecule has 10 rings (SSSR count). The van der Waals surface area contributed by atoms with Crippen LogP contribution in [0.4, 0.5) is 0 Å². The molecule has 0 N–H and O–H groups in total. The number of hydrogen-bond acceptors (Lipinski definition) is 4. The van der Waals surface area contributed by atoms with E-state index in [0.29, 0.717) is 0 Å². The van der Waals surface area contributed by atoms with Gasteiger partial charge in [-0.3, -0.25) is 0 Å². The molecule has 0 aliphatic rings. The Hall–Kier alpha value is -3.36. The molecule has 0 nitrogen and oxygen atoms in total. The van der Waals surface area contributed by atoms with Gasteiger partial charge in [-0.25, -0.2) is 0 Å². The van der Waals surface area contributed by atoms with E-state index in [0.717, 1.165) is 23.0 Å². The van der Waals surface area contributed by atoms with Crippen LogP contribution in [0, 0.1) is 0 Å². The van der Waals surface area contributed by atoms with Crippen molar-refractivity contribution in [2.45, 2.75) is 19.6 Å². The molecule has 78 heavy (non-hydrogen) atoms. The summed E-state index contributed by atoms with van der Waals surface area (Å²) in [5, 5.41) is 11.7. The predicted octanol–water partition coefficient (Wildman–Crippen LogP) is 16.3. The molecule has 0 heterocycles. The first-order valence-electron chi connectivity index (χ1n) is 26.0. The molecule has 0 saturated carbocycles. The summed E-state index contributed by atoms with van der Waals surface area (Å²) in [7, 11) is -1.32. The zero-order valence-electron chi connectivity index (χ0n) is 43.4. The molecule has 0 aliphatic carbocycles. The summed E-state index contributed by atoms with van der Waals surface area (Å²) < 4.78 is 0. The van der Waals surface area contributed by atoms with Crippen molar-refractivity contribution >= 4 is 121 Å². The van der Waals surface area contributed by atoms with Gasteiger partial charge < -0.3 is 0 Å². The minimum atomic E-state index is -0.330. The van der Waals surface area contributed by atoms with Gasteiger partial charge in [-0.15, -0.1) is 47.0 Å². The monoisotopic (exact) mass is 1340 g/mol. The minimum Gasteiger partial charge on any atom is -0.126 e. The fourth-order valence-electron chi connectivity index (χ4n) is 8.78. The molecule has 0 atom stereocenters. The average Bonchev–Trinajstić information content (AvgIpc) is 3.50.